The van der Waals surface area contributed by atoms with Crippen LogP contribution in [-0.4, -0.2) is 51.3 Å². The number of hydrogen-bond donors (Lipinski definition) is 1. The average molecular weight is 466 g/mol. The van der Waals surface area contributed by atoms with E-state index in [0.29, 0.717) is 0 Å². The lowest BCUT2D eigenvalue weighted by Crippen LogP contribution is -2.46. The molecule has 0 amide bonds. The van der Waals surface area contributed by atoms with Crippen molar-refractivity contribution < 1.29 is 14.0 Å². The van der Waals surface area contributed by atoms with Crippen LogP contribution in [0.5, 0.6) is 5.75 Å². The highest BCUT2D eigenvalue weighted by atomic mass is 79.9. The minimum absolute atomic E-state index is 0.237. The maximum absolute atomic E-state index is 9.00. The molecule has 1 saturated heterocycles. The van der Waals surface area contributed by atoms with Crippen molar-refractivity contribution >= 4 is 21.6 Å². The number of rotatable bonds is 5. The molecular formula is C22H29BrFN3O2. The molecule has 5 nitrogen and oxygen atoms in total. The smallest absolute Gasteiger partial charge is 0.119 e. The van der Waals surface area contributed by atoms with Crippen molar-refractivity contribution in [1.82, 2.24) is 4.90 Å². The van der Waals surface area contributed by atoms with Crippen molar-refractivity contribution in [3.8, 4) is 5.75 Å². The molecule has 0 spiro atoms. The molecule has 29 heavy (non-hydrogen) atoms. The van der Waals surface area contributed by atoms with E-state index in [4.69, 9.17) is 14.0 Å². The Morgan fingerprint density at radius 2 is 1.83 bits per heavy atom. The highest BCUT2D eigenvalue weighted by Crippen LogP contribution is 2.32. The SMILES string of the molecule is COc1ccc(N2CCN(CCC3OCCc4cc(Br)ccc43)CC2)cc1.NF. The van der Waals surface area contributed by atoms with E-state index in [1.165, 1.54) is 16.8 Å². The Labute approximate surface area is 180 Å². The highest BCUT2D eigenvalue weighted by molar-refractivity contribution is 9.10. The Kier molecular flexibility index (Phi) is 8.29. The molecule has 2 N–H and O–H groups in total. The van der Waals surface area contributed by atoms with Crippen molar-refractivity contribution in [3.05, 3.63) is 58.1 Å². The molecule has 0 radical (unpaired) electrons. The standard InChI is InChI=1S/C22H27BrN2O2.FH2N/c1-26-20-5-3-19(4-6-20)25-13-11-24(12-14-25)10-8-22-21-7-2-18(23)16-17(21)9-15-27-22;1-2/h2-7,16,22H,8-15H2,1H3;2H2. The molecule has 0 bridgehead atoms. The van der Waals surface area contributed by atoms with Crippen LogP contribution in [-0.2, 0) is 11.2 Å². The van der Waals surface area contributed by atoms with Gasteiger partial charge in [-0.1, -0.05) is 22.0 Å². The molecule has 0 saturated carbocycles. The van der Waals surface area contributed by atoms with Gasteiger partial charge in [-0.15, -0.1) is 4.48 Å². The molecule has 1 atom stereocenters. The molecule has 4 rings (SSSR count). The largest absolute Gasteiger partial charge is 0.497 e. The second kappa shape index (κ2) is 10.9. The predicted octanol–water partition coefficient (Wildman–Crippen LogP) is 4.11. The van der Waals surface area contributed by atoms with Gasteiger partial charge in [-0.3, -0.25) is 4.90 Å². The number of benzene rings is 2. The lowest BCUT2D eigenvalue weighted by molar-refractivity contribution is 0.0289. The van der Waals surface area contributed by atoms with Crippen molar-refractivity contribution in [2.45, 2.75) is 18.9 Å². The topological polar surface area (TPSA) is 51.0 Å². The van der Waals surface area contributed by atoms with Gasteiger partial charge in [-0.2, -0.15) is 5.96 Å². The molecular weight excluding hydrogens is 437 g/mol. The van der Waals surface area contributed by atoms with Gasteiger partial charge in [-0.05, 0) is 60.4 Å². The summed E-state index contributed by atoms with van der Waals surface area (Å²) in [5.74, 6) is 3.91. The monoisotopic (exact) mass is 465 g/mol. The molecule has 2 heterocycles. The summed E-state index contributed by atoms with van der Waals surface area (Å²) >= 11 is 3.58. The van der Waals surface area contributed by atoms with Gasteiger partial charge in [0.1, 0.15) is 5.75 Å². The fraction of sp³-hybridized carbons (Fsp3) is 0.455. The number of halogens is 2. The second-order valence-corrected chi connectivity index (χ2v) is 8.18. The van der Waals surface area contributed by atoms with E-state index < -0.39 is 0 Å². The van der Waals surface area contributed by atoms with Crippen molar-refractivity contribution in [2.24, 2.45) is 5.96 Å². The van der Waals surface area contributed by atoms with Crippen LogP contribution in [0.1, 0.15) is 23.7 Å². The van der Waals surface area contributed by atoms with Gasteiger partial charge in [0.25, 0.3) is 0 Å². The van der Waals surface area contributed by atoms with Gasteiger partial charge in [-0.25, -0.2) is 0 Å². The number of hydrogen-bond acceptors (Lipinski definition) is 5. The van der Waals surface area contributed by atoms with Crippen LogP contribution in [0.3, 0.4) is 0 Å². The summed E-state index contributed by atoms with van der Waals surface area (Å²) in [4.78, 5) is 5.02. The third-order valence-electron chi connectivity index (χ3n) is 5.66. The molecule has 2 aliphatic rings. The van der Waals surface area contributed by atoms with Gasteiger partial charge in [0, 0.05) is 42.9 Å². The van der Waals surface area contributed by atoms with Gasteiger partial charge in [0.15, 0.2) is 0 Å². The van der Waals surface area contributed by atoms with Gasteiger partial charge < -0.3 is 14.4 Å². The molecule has 2 aliphatic heterocycles. The summed E-state index contributed by atoms with van der Waals surface area (Å²) in [5, 5.41) is 0. The number of piperazine rings is 1. The minimum Gasteiger partial charge on any atom is -0.497 e. The van der Waals surface area contributed by atoms with Gasteiger partial charge >= 0.3 is 0 Å². The van der Waals surface area contributed by atoms with Crippen molar-refractivity contribution in [1.29, 1.82) is 0 Å². The zero-order chi connectivity index (χ0) is 20.6. The van der Waals surface area contributed by atoms with Crippen LogP contribution in [0.4, 0.5) is 10.2 Å². The minimum atomic E-state index is 0.237. The van der Waals surface area contributed by atoms with Crippen LogP contribution in [0.2, 0.25) is 0 Å². The fourth-order valence-electron chi connectivity index (χ4n) is 4.07. The summed E-state index contributed by atoms with van der Waals surface area (Å²) in [6.07, 6.45) is 2.32. The average Bonchev–Trinajstić information content (AvgIpc) is 2.79. The molecule has 2 aromatic rings. The van der Waals surface area contributed by atoms with Crippen LogP contribution in [0.15, 0.2) is 46.9 Å². The lowest BCUT2D eigenvalue weighted by atomic mass is 9.95. The second-order valence-electron chi connectivity index (χ2n) is 7.27. The first-order valence-electron chi connectivity index (χ1n) is 9.96. The number of nitrogens with zero attached hydrogens (tertiary/aromatic N) is 2. The third-order valence-corrected chi connectivity index (χ3v) is 6.15. The van der Waals surface area contributed by atoms with E-state index in [-0.39, 0.29) is 6.10 Å². The summed E-state index contributed by atoms with van der Waals surface area (Å²) < 4.78 is 21.5. The van der Waals surface area contributed by atoms with E-state index in [9.17, 15) is 0 Å². The summed E-state index contributed by atoms with van der Waals surface area (Å²) in [6, 6.07) is 15.0. The summed E-state index contributed by atoms with van der Waals surface area (Å²) in [5.41, 5.74) is 4.09. The molecule has 0 aliphatic carbocycles. The van der Waals surface area contributed by atoms with Gasteiger partial charge in [0.2, 0.25) is 0 Å². The van der Waals surface area contributed by atoms with E-state index in [1.54, 1.807) is 7.11 Å². The van der Waals surface area contributed by atoms with E-state index in [2.05, 4.69) is 62.0 Å². The summed E-state index contributed by atoms with van der Waals surface area (Å²) in [6.45, 7) is 6.27. The summed E-state index contributed by atoms with van der Waals surface area (Å²) in [7, 11) is 1.71. The number of ether oxygens (including phenoxy) is 2. The van der Waals surface area contributed by atoms with E-state index >= 15 is 0 Å². The Bertz CT molecular complexity index is 767. The normalized spacial score (nSPS) is 19.2. The maximum atomic E-state index is 9.00. The Morgan fingerprint density at radius 1 is 1.10 bits per heavy atom. The number of fused-ring (bicyclic) bond motifs is 1. The first-order chi connectivity index (χ1) is 14.2. The first kappa shape index (κ1) is 22.0. The van der Waals surface area contributed by atoms with Crippen LogP contribution < -0.4 is 15.6 Å². The Balaban J connectivity index is 0.00000117. The number of anilines is 1. The van der Waals surface area contributed by atoms with E-state index in [1.807, 2.05) is 12.1 Å². The zero-order valence-corrected chi connectivity index (χ0v) is 18.4. The molecule has 1 fully saturated rings. The van der Waals surface area contributed by atoms with Crippen LogP contribution in [0, 0.1) is 0 Å². The van der Waals surface area contributed by atoms with Crippen LogP contribution in [0.25, 0.3) is 0 Å². The lowest BCUT2D eigenvalue weighted by Gasteiger charge is -2.37. The Morgan fingerprint density at radius 3 is 2.52 bits per heavy atom. The van der Waals surface area contributed by atoms with Crippen molar-refractivity contribution in [3.63, 3.8) is 0 Å². The fourth-order valence-corrected chi connectivity index (χ4v) is 4.48. The number of methoxy groups -OCH3 is 1. The maximum Gasteiger partial charge on any atom is 0.119 e. The van der Waals surface area contributed by atoms with Gasteiger partial charge in [0.05, 0.1) is 19.8 Å². The van der Waals surface area contributed by atoms with Crippen LogP contribution >= 0.6 is 15.9 Å². The quantitative estimate of drug-likeness (QED) is 0.673. The molecule has 2 aromatic carbocycles. The third kappa shape index (κ3) is 5.69. The molecule has 1 unspecified atom stereocenters. The Hall–Kier alpha value is -1.67. The van der Waals surface area contributed by atoms with E-state index in [0.717, 1.165) is 62.4 Å². The molecule has 7 heteroatoms. The predicted molar refractivity (Wildman–Crippen MR) is 118 cm³/mol. The first-order valence-corrected chi connectivity index (χ1v) is 10.8. The molecule has 158 valence electrons. The zero-order valence-electron chi connectivity index (χ0n) is 16.8. The molecule has 0 aromatic heterocycles. The highest BCUT2D eigenvalue weighted by Gasteiger charge is 2.23. The number of nitrogens with two attached hydrogens (primary N) is 1. The van der Waals surface area contributed by atoms with Crippen molar-refractivity contribution in [2.75, 3.05) is 51.3 Å².